The maximum absolute atomic E-state index is 13.4. The van der Waals surface area contributed by atoms with Gasteiger partial charge >= 0.3 is 12.1 Å². The number of hydrogen-bond acceptors (Lipinski definition) is 3. The number of alkyl halides is 3. The summed E-state index contributed by atoms with van der Waals surface area (Å²) in [5.41, 5.74) is -3.44. The number of nitrogens with zero attached hydrogens (tertiary/aromatic N) is 2. The van der Waals surface area contributed by atoms with E-state index >= 15 is 0 Å². The van der Waals surface area contributed by atoms with Crippen molar-refractivity contribution in [2.24, 2.45) is 5.41 Å². The van der Waals surface area contributed by atoms with Crippen LogP contribution in [0.2, 0.25) is 0 Å². The van der Waals surface area contributed by atoms with Crippen LogP contribution in [0.5, 0.6) is 0 Å². The number of carbonyl (C=O) groups excluding carboxylic acids is 1. The van der Waals surface area contributed by atoms with Crippen LogP contribution in [0.25, 0.3) is 0 Å². The second-order valence-electron chi connectivity index (χ2n) is 4.72. The minimum Gasteiger partial charge on any atom is -0.481 e. The van der Waals surface area contributed by atoms with Crippen molar-refractivity contribution in [1.82, 2.24) is 9.88 Å². The van der Waals surface area contributed by atoms with E-state index in [0.717, 1.165) is 18.5 Å². The molecule has 114 valence electrons. The van der Waals surface area contributed by atoms with Gasteiger partial charge in [0.1, 0.15) is 0 Å². The van der Waals surface area contributed by atoms with Gasteiger partial charge in [0.2, 0.25) is 0 Å². The highest BCUT2D eigenvalue weighted by Gasteiger charge is 2.64. The summed E-state index contributed by atoms with van der Waals surface area (Å²) in [6.07, 6.45) is -3.87. The van der Waals surface area contributed by atoms with Crippen LogP contribution >= 0.6 is 0 Å². The number of carboxylic acid groups (broad SMARTS) is 1. The lowest BCUT2D eigenvalue weighted by Gasteiger charge is -2.27. The number of likely N-dealkylation sites (tertiary alicyclic amines) is 1. The highest BCUT2D eigenvalue weighted by Crippen LogP contribution is 2.46. The van der Waals surface area contributed by atoms with Gasteiger partial charge in [0.15, 0.2) is 11.2 Å². The molecule has 1 saturated heterocycles. The van der Waals surface area contributed by atoms with Gasteiger partial charge in [-0.3, -0.25) is 14.6 Å². The molecule has 0 aliphatic carbocycles. The van der Waals surface area contributed by atoms with Crippen LogP contribution in [0.15, 0.2) is 18.5 Å². The summed E-state index contributed by atoms with van der Waals surface area (Å²) in [5, 5.41) is 8.88. The molecule has 2 heterocycles. The van der Waals surface area contributed by atoms with E-state index in [0.29, 0.717) is 4.90 Å². The van der Waals surface area contributed by atoms with E-state index < -0.39 is 54.4 Å². The number of pyridine rings is 1. The third kappa shape index (κ3) is 2.43. The molecule has 1 aliphatic heterocycles. The van der Waals surface area contributed by atoms with Crippen molar-refractivity contribution in [2.75, 3.05) is 13.1 Å². The molecule has 1 aromatic heterocycles. The summed E-state index contributed by atoms with van der Waals surface area (Å²) in [4.78, 5) is 27.1. The smallest absolute Gasteiger partial charge is 0.406 e. The monoisotopic (exact) mass is 306 g/mol. The van der Waals surface area contributed by atoms with E-state index in [4.69, 9.17) is 5.11 Å². The first-order valence-electron chi connectivity index (χ1n) is 5.88. The molecule has 0 spiro atoms. The van der Waals surface area contributed by atoms with Crippen LogP contribution in [-0.2, 0) is 4.79 Å². The van der Waals surface area contributed by atoms with Gasteiger partial charge in [-0.15, -0.1) is 0 Å². The molecule has 1 aliphatic rings. The van der Waals surface area contributed by atoms with Crippen LogP contribution < -0.4 is 0 Å². The van der Waals surface area contributed by atoms with Crippen molar-refractivity contribution in [2.45, 2.75) is 12.6 Å². The Labute approximate surface area is 116 Å². The number of aromatic nitrogens is 1. The Morgan fingerprint density at radius 1 is 1.38 bits per heavy atom. The van der Waals surface area contributed by atoms with Crippen molar-refractivity contribution in [3.8, 4) is 0 Å². The van der Waals surface area contributed by atoms with Gasteiger partial charge in [-0.1, -0.05) is 0 Å². The molecule has 1 aromatic rings. The zero-order chi connectivity index (χ0) is 15.8. The molecule has 0 aromatic carbocycles. The molecule has 0 bridgehead atoms. The summed E-state index contributed by atoms with van der Waals surface area (Å²) in [7, 11) is 0. The van der Waals surface area contributed by atoms with Gasteiger partial charge in [0.25, 0.3) is 5.91 Å². The van der Waals surface area contributed by atoms with E-state index in [9.17, 15) is 27.2 Å². The molecular formula is C12H10F4N2O3. The Balaban J connectivity index is 2.28. The molecule has 0 radical (unpaired) electrons. The number of carbonyl (C=O) groups is 2. The zero-order valence-corrected chi connectivity index (χ0v) is 10.5. The zero-order valence-electron chi connectivity index (χ0n) is 10.5. The Morgan fingerprint density at radius 3 is 2.52 bits per heavy atom. The lowest BCUT2D eigenvalue weighted by Crippen LogP contribution is -2.47. The highest BCUT2D eigenvalue weighted by atomic mass is 19.4. The topological polar surface area (TPSA) is 70.5 Å². The van der Waals surface area contributed by atoms with E-state index in [1.165, 1.54) is 0 Å². The lowest BCUT2D eigenvalue weighted by molar-refractivity contribution is -0.227. The summed E-state index contributed by atoms with van der Waals surface area (Å²) < 4.78 is 52.4. The molecule has 1 amide bonds. The number of rotatable bonds is 2. The number of carboxylic acids is 1. The lowest BCUT2D eigenvalue weighted by atomic mass is 9.86. The molecule has 1 atom stereocenters. The number of amides is 1. The summed E-state index contributed by atoms with van der Waals surface area (Å²) in [5.74, 6) is -4.00. The molecule has 21 heavy (non-hydrogen) atoms. The van der Waals surface area contributed by atoms with Crippen LogP contribution in [0.4, 0.5) is 17.6 Å². The minimum atomic E-state index is -5.00. The van der Waals surface area contributed by atoms with E-state index in [1.807, 2.05) is 0 Å². The average molecular weight is 306 g/mol. The minimum absolute atomic E-state index is 0.410. The van der Waals surface area contributed by atoms with Gasteiger partial charge in [-0.05, 0) is 12.5 Å². The quantitative estimate of drug-likeness (QED) is 0.844. The molecule has 1 N–H and O–H groups in total. The maximum Gasteiger partial charge on any atom is 0.406 e. The van der Waals surface area contributed by atoms with Gasteiger partial charge < -0.3 is 10.0 Å². The number of aliphatic carboxylic acids is 1. The van der Waals surface area contributed by atoms with Crippen LogP contribution in [0.3, 0.4) is 0 Å². The van der Waals surface area contributed by atoms with Crippen molar-refractivity contribution in [3.63, 3.8) is 0 Å². The predicted octanol–water partition coefficient (Wildman–Crippen LogP) is 1.70. The summed E-state index contributed by atoms with van der Waals surface area (Å²) >= 11 is 0. The van der Waals surface area contributed by atoms with Crippen LogP contribution in [-0.4, -0.2) is 46.1 Å². The van der Waals surface area contributed by atoms with E-state index in [1.54, 1.807) is 0 Å². The van der Waals surface area contributed by atoms with Crippen molar-refractivity contribution < 1.29 is 32.3 Å². The second-order valence-corrected chi connectivity index (χ2v) is 4.72. The van der Waals surface area contributed by atoms with Crippen LogP contribution in [0, 0.1) is 11.2 Å². The van der Waals surface area contributed by atoms with Gasteiger partial charge in [0, 0.05) is 19.3 Å². The van der Waals surface area contributed by atoms with Gasteiger partial charge in [-0.2, -0.15) is 13.2 Å². The standard InChI is InChI=1S/C12H10F4N2O3/c13-8-5-17-3-1-7(8)9(19)18-4-2-11(6-18,10(20)21)12(14,15)16/h1,3,5H,2,4,6H2,(H,20,21). The maximum atomic E-state index is 13.4. The molecule has 5 nitrogen and oxygen atoms in total. The largest absolute Gasteiger partial charge is 0.481 e. The van der Waals surface area contributed by atoms with Crippen molar-refractivity contribution in [3.05, 3.63) is 29.8 Å². The normalized spacial score (nSPS) is 22.4. The second kappa shape index (κ2) is 4.97. The number of hydrogen-bond donors (Lipinski definition) is 1. The first-order chi connectivity index (χ1) is 9.69. The van der Waals surface area contributed by atoms with Crippen molar-refractivity contribution in [1.29, 1.82) is 0 Å². The molecule has 1 unspecified atom stereocenters. The molecule has 1 fully saturated rings. The SMILES string of the molecule is O=C(c1ccncc1F)N1CCC(C(=O)O)(C(F)(F)F)C1. The Morgan fingerprint density at radius 2 is 2.05 bits per heavy atom. The fourth-order valence-corrected chi connectivity index (χ4v) is 2.23. The number of halogens is 4. The molecule has 0 saturated carbocycles. The first-order valence-corrected chi connectivity index (χ1v) is 5.88. The van der Waals surface area contributed by atoms with E-state index in [2.05, 4.69) is 4.98 Å². The van der Waals surface area contributed by atoms with E-state index in [-0.39, 0.29) is 0 Å². The Bertz CT molecular complexity index is 590. The third-order valence-corrected chi connectivity index (χ3v) is 3.51. The van der Waals surface area contributed by atoms with Gasteiger partial charge in [0.05, 0.1) is 11.8 Å². The Kier molecular flexibility index (Phi) is 3.60. The third-order valence-electron chi connectivity index (χ3n) is 3.51. The fraction of sp³-hybridized carbons (Fsp3) is 0.417. The predicted molar refractivity (Wildman–Crippen MR) is 60.8 cm³/mol. The highest BCUT2D eigenvalue weighted by molar-refractivity contribution is 5.95. The fourth-order valence-electron chi connectivity index (χ4n) is 2.23. The Hall–Kier alpha value is -2.19. The first kappa shape index (κ1) is 15.2. The molecular weight excluding hydrogens is 296 g/mol. The van der Waals surface area contributed by atoms with Gasteiger partial charge in [-0.25, -0.2) is 4.39 Å². The molecule has 9 heteroatoms. The summed E-state index contributed by atoms with van der Waals surface area (Å²) in [6, 6.07) is 1.03. The molecule has 2 rings (SSSR count). The van der Waals surface area contributed by atoms with Crippen molar-refractivity contribution >= 4 is 11.9 Å². The average Bonchev–Trinajstić information content (AvgIpc) is 2.84. The van der Waals surface area contributed by atoms with Crippen LogP contribution in [0.1, 0.15) is 16.8 Å². The summed E-state index contributed by atoms with van der Waals surface area (Å²) in [6.45, 7) is -1.45.